The van der Waals surface area contributed by atoms with Crippen LogP contribution in [0.2, 0.25) is 0 Å². The Bertz CT molecular complexity index is 816. The number of halogens is 1. The number of nitrogens with one attached hydrogen (secondary N) is 1. The molecule has 25 heavy (non-hydrogen) atoms. The maximum atomic E-state index is 13.0. The van der Waals surface area contributed by atoms with E-state index >= 15 is 0 Å². The molecule has 0 unspecified atom stereocenters. The van der Waals surface area contributed by atoms with Crippen molar-refractivity contribution in [2.75, 3.05) is 11.9 Å². The summed E-state index contributed by atoms with van der Waals surface area (Å²) in [6.45, 7) is -0.482. The van der Waals surface area contributed by atoms with Crippen LogP contribution < -0.4 is 11.1 Å². The van der Waals surface area contributed by atoms with E-state index in [4.69, 9.17) is 10.5 Å². The van der Waals surface area contributed by atoms with E-state index in [0.29, 0.717) is 16.8 Å². The summed E-state index contributed by atoms with van der Waals surface area (Å²) in [5, 5.41) is 2.50. The first-order valence-corrected chi connectivity index (χ1v) is 7.24. The molecule has 2 rings (SSSR count). The van der Waals surface area contributed by atoms with Gasteiger partial charge in [-0.1, -0.05) is 12.1 Å². The van der Waals surface area contributed by atoms with Crippen molar-refractivity contribution < 1.29 is 23.5 Å². The predicted molar refractivity (Wildman–Crippen MR) is 90.0 cm³/mol. The van der Waals surface area contributed by atoms with Crippen molar-refractivity contribution >= 4 is 29.5 Å². The summed E-state index contributed by atoms with van der Waals surface area (Å²) in [6.07, 6.45) is 2.48. The smallest absolute Gasteiger partial charge is 0.331 e. The van der Waals surface area contributed by atoms with Gasteiger partial charge in [-0.2, -0.15) is 0 Å². The Balaban J connectivity index is 1.81. The summed E-state index contributed by atoms with van der Waals surface area (Å²) in [5.74, 6) is -2.27. The fourth-order valence-electron chi connectivity index (χ4n) is 1.87. The number of hydrogen-bond acceptors (Lipinski definition) is 4. The third-order valence-corrected chi connectivity index (χ3v) is 3.06. The lowest BCUT2D eigenvalue weighted by Gasteiger charge is -2.05. The van der Waals surface area contributed by atoms with E-state index in [1.165, 1.54) is 48.5 Å². The normalized spacial score (nSPS) is 10.4. The number of rotatable bonds is 6. The van der Waals surface area contributed by atoms with Gasteiger partial charge in [-0.3, -0.25) is 9.59 Å². The standard InChI is InChI=1S/C18H15FN2O4/c19-14-3-1-2-12(10-14)4-9-17(23)25-11-16(22)21-15-7-5-13(6-8-15)18(20)24/h1-10H,11H2,(H2,20,24)(H,21,22). The number of anilines is 1. The lowest BCUT2D eigenvalue weighted by Crippen LogP contribution is -2.20. The summed E-state index contributed by atoms with van der Waals surface area (Å²) in [6, 6.07) is 11.6. The molecule has 2 aromatic rings. The Morgan fingerprint density at radius 2 is 1.84 bits per heavy atom. The molecule has 2 aromatic carbocycles. The second-order valence-corrected chi connectivity index (χ2v) is 4.99. The lowest BCUT2D eigenvalue weighted by molar-refractivity contribution is -0.142. The van der Waals surface area contributed by atoms with Crippen molar-refractivity contribution in [1.29, 1.82) is 0 Å². The van der Waals surface area contributed by atoms with Gasteiger partial charge in [-0.15, -0.1) is 0 Å². The van der Waals surface area contributed by atoms with Crippen molar-refractivity contribution in [3.63, 3.8) is 0 Å². The highest BCUT2D eigenvalue weighted by atomic mass is 19.1. The number of benzene rings is 2. The maximum absolute atomic E-state index is 13.0. The molecular weight excluding hydrogens is 327 g/mol. The lowest BCUT2D eigenvalue weighted by atomic mass is 10.2. The van der Waals surface area contributed by atoms with Crippen molar-refractivity contribution in [2.45, 2.75) is 0 Å². The minimum atomic E-state index is -0.733. The summed E-state index contributed by atoms with van der Waals surface area (Å²) in [7, 11) is 0. The molecule has 3 N–H and O–H groups in total. The van der Waals surface area contributed by atoms with E-state index in [9.17, 15) is 18.8 Å². The molecule has 0 bridgehead atoms. The van der Waals surface area contributed by atoms with Crippen LogP contribution in [0.4, 0.5) is 10.1 Å². The molecule has 0 saturated heterocycles. The van der Waals surface area contributed by atoms with Crippen molar-refractivity contribution in [3.05, 3.63) is 71.6 Å². The second-order valence-electron chi connectivity index (χ2n) is 4.99. The quantitative estimate of drug-likeness (QED) is 0.620. The third-order valence-electron chi connectivity index (χ3n) is 3.06. The van der Waals surface area contributed by atoms with Gasteiger partial charge in [0.15, 0.2) is 6.61 Å². The summed E-state index contributed by atoms with van der Waals surface area (Å²) < 4.78 is 17.8. The van der Waals surface area contributed by atoms with Crippen LogP contribution in [0, 0.1) is 5.82 Å². The molecule has 2 amide bonds. The van der Waals surface area contributed by atoms with Gasteiger partial charge in [-0.05, 0) is 48.0 Å². The van der Waals surface area contributed by atoms with Gasteiger partial charge in [0.2, 0.25) is 5.91 Å². The number of primary amides is 1. The van der Waals surface area contributed by atoms with Gasteiger partial charge in [0.05, 0.1) is 0 Å². The third kappa shape index (κ3) is 5.91. The zero-order valence-electron chi connectivity index (χ0n) is 13.1. The second kappa shape index (κ2) is 8.39. The highest BCUT2D eigenvalue weighted by Gasteiger charge is 2.06. The SMILES string of the molecule is NC(=O)c1ccc(NC(=O)COC(=O)C=Cc2cccc(F)c2)cc1. The first-order valence-electron chi connectivity index (χ1n) is 7.24. The summed E-state index contributed by atoms with van der Waals surface area (Å²) in [5.41, 5.74) is 6.35. The molecule has 0 radical (unpaired) electrons. The number of esters is 1. The molecule has 0 spiro atoms. The Kier molecular flexibility index (Phi) is 6.00. The van der Waals surface area contributed by atoms with E-state index in [0.717, 1.165) is 6.08 Å². The van der Waals surface area contributed by atoms with E-state index in [2.05, 4.69) is 5.32 Å². The van der Waals surface area contributed by atoms with Crippen LogP contribution in [-0.2, 0) is 14.3 Å². The molecule has 0 saturated carbocycles. The fraction of sp³-hybridized carbons (Fsp3) is 0.0556. The largest absolute Gasteiger partial charge is 0.452 e. The number of hydrogen-bond donors (Lipinski definition) is 2. The predicted octanol–water partition coefficient (Wildman–Crippen LogP) is 2.12. The zero-order valence-corrected chi connectivity index (χ0v) is 13.1. The summed E-state index contributed by atoms with van der Waals surface area (Å²) >= 11 is 0. The van der Waals surface area contributed by atoms with Gasteiger partial charge < -0.3 is 15.8 Å². The molecule has 7 heteroatoms. The van der Waals surface area contributed by atoms with Crippen molar-refractivity contribution in [1.82, 2.24) is 0 Å². The molecule has 0 aliphatic rings. The minimum absolute atomic E-state index is 0.312. The zero-order chi connectivity index (χ0) is 18.2. The molecule has 0 heterocycles. The Morgan fingerprint density at radius 3 is 2.48 bits per heavy atom. The van der Waals surface area contributed by atoms with Crippen LogP contribution in [0.3, 0.4) is 0 Å². The van der Waals surface area contributed by atoms with Crippen LogP contribution in [0.5, 0.6) is 0 Å². The van der Waals surface area contributed by atoms with Crippen LogP contribution in [0.15, 0.2) is 54.6 Å². The number of nitrogens with two attached hydrogens (primary N) is 1. The van der Waals surface area contributed by atoms with Gasteiger partial charge in [-0.25, -0.2) is 9.18 Å². The molecule has 0 fully saturated rings. The highest BCUT2D eigenvalue weighted by molar-refractivity contribution is 5.96. The van der Waals surface area contributed by atoms with Gasteiger partial charge in [0.25, 0.3) is 5.91 Å². The van der Waals surface area contributed by atoms with Crippen LogP contribution in [-0.4, -0.2) is 24.4 Å². The van der Waals surface area contributed by atoms with E-state index in [1.807, 2.05) is 0 Å². The number of amides is 2. The van der Waals surface area contributed by atoms with Crippen molar-refractivity contribution in [3.8, 4) is 0 Å². The van der Waals surface area contributed by atoms with Gasteiger partial charge in [0, 0.05) is 17.3 Å². The average molecular weight is 342 g/mol. The minimum Gasteiger partial charge on any atom is -0.452 e. The first-order chi connectivity index (χ1) is 11.9. The van der Waals surface area contributed by atoms with Gasteiger partial charge in [0.1, 0.15) is 5.82 Å². The molecule has 128 valence electrons. The van der Waals surface area contributed by atoms with Crippen LogP contribution in [0.25, 0.3) is 6.08 Å². The van der Waals surface area contributed by atoms with E-state index in [-0.39, 0.29) is 0 Å². The Morgan fingerprint density at radius 1 is 1.12 bits per heavy atom. The van der Waals surface area contributed by atoms with Crippen LogP contribution >= 0.6 is 0 Å². The number of ether oxygens (including phenoxy) is 1. The first kappa shape index (κ1) is 17.9. The monoisotopic (exact) mass is 342 g/mol. The fourth-order valence-corrected chi connectivity index (χ4v) is 1.87. The molecule has 0 aliphatic carbocycles. The number of carbonyl (C=O) groups is 3. The maximum Gasteiger partial charge on any atom is 0.331 e. The molecular formula is C18H15FN2O4. The van der Waals surface area contributed by atoms with E-state index in [1.54, 1.807) is 6.07 Å². The Hall–Kier alpha value is -3.48. The molecule has 0 aliphatic heterocycles. The van der Waals surface area contributed by atoms with E-state index < -0.39 is 30.2 Å². The van der Waals surface area contributed by atoms with Gasteiger partial charge >= 0.3 is 5.97 Å². The van der Waals surface area contributed by atoms with Crippen LogP contribution in [0.1, 0.15) is 15.9 Å². The highest BCUT2D eigenvalue weighted by Crippen LogP contribution is 2.09. The van der Waals surface area contributed by atoms with Crippen molar-refractivity contribution in [2.24, 2.45) is 5.73 Å². The Labute approximate surface area is 143 Å². The molecule has 0 aromatic heterocycles. The topological polar surface area (TPSA) is 98.5 Å². The molecule has 6 nitrogen and oxygen atoms in total. The number of carbonyl (C=O) groups excluding carboxylic acids is 3. The summed E-state index contributed by atoms with van der Waals surface area (Å²) in [4.78, 5) is 34.2. The molecule has 0 atom stereocenters. The average Bonchev–Trinajstić information content (AvgIpc) is 2.58.